The number of pyridine rings is 1. The third-order valence-corrected chi connectivity index (χ3v) is 17.3. The second-order valence-corrected chi connectivity index (χ2v) is 20.5. The highest BCUT2D eigenvalue weighted by Crippen LogP contribution is 2.43. The molecule has 43 heavy (non-hydrogen) atoms. The van der Waals surface area contributed by atoms with Gasteiger partial charge in [-0.2, -0.15) is 0 Å². The van der Waals surface area contributed by atoms with Gasteiger partial charge in [-0.25, -0.2) is 4.57 Å². The normalized spacial score (nSPS) is 17.6. The standard InChI is InChI=1S/C41H62NSi/c1-29(2)26-43(27-30(3)4,28-31(5)6)37-19-20-38-35(23-37)21-22-42(8)41(38)40-25-36(33-15-11-9-12-16-33)24-39(32(40)7)34-17-13-10-14-18-34/h19-25,29-31,33-34H,9-18,26-28H2,1-8H3/q+1. The summed E-state index contributed by atoms with van der Waals surface area (Å²) >= 11 is 0. The number of rotatable bonds is 10. The van der Waals surface area contributed by atoms with Crippen LogP contribution in [0.4, 0.5) is 0 Å². The maximum absolute atomic E-state index is 2.68. The largest absolute Gasteiger partial charge is 0.220 e. The molecule has 2 aliphatic rings. The van der Waals surface area contributed by atoms with E-state index in [1.54, 1.807) is 21.9 Å². The lowest BCUT2D eigenvalue weighted by Gasteiger charge is -2.37. The lowest BCUT2D eigenvalue weighted by molar-refractivity contribution is -0.659. The number of aryl methyl sites for hydroxylation is 1. The van der Waals surface area contributed by atoms with Gasteiger partial charge in [0.25, 0.3) is 0 Å². The first-order valence-electron chi connectivity index (χ1n) is 18.2. The number of nitrogens with zero attached hydrogens (tertiary/aromatic N) is 1. The highest BCUT2D eigenvalue weighted by atomic mass is 28.3. The molecule has 234 valence electrons. The van der Waals surface area contributed by atoms with Crippen LogP contribution in [0, 0.1) is 24.7 Å². The predicted octanol–water partition coefficient (Wildman–Crippen LogP) is 11.4. The van der Waals surface area contributed by atoms with E-state index in [1.165, 1.54) is 104 Å². The molecule has 2 heteroatoms. The molecule has 5 rings (SSSR count). The van der Waals surface area contributed by atoms with Gasteiger partial charge in [0, 0.05) is 6.07 Å². The minimum absolute atomic E-state index is 0.733. The third-order valence-electron chi connectivity index (χ3n) is 11.0. The van der Waals surface area contributed by atoms with Crippen molar-refractivity contribution in [3.8, 4) is 11.3 Å². The Labute approximate surface area is 265 Å². The quantitative estimate of drug-likeness (QED) is 0.162. The van der Waals surface area contributed by atoms with E-state index in [-0.39, 0.29) is 0 Å². The van der Waals surface area contributed by atoms with Gasteiger partial charge >= 0.3 is 0 Å². The molecule has 0 saturated heterocycles. The van der Waals surface area contributed by atoms with Gasteiger partial charge in [0.2, 0.25) is 5.69 Å². The summed E-state index contributed by atoms with van der Waals surface area (Å²) in [6.45, 7) is 17.2. The van der Waals surface area contributed by atoms with Crippen molar-refractivity contribution in [2.24, 2.45) is 24.8 Å². The van der Waals surface area contributed by atoms with Crippen LogP contribution < -0.4 is 9.75 Å². The molecule has 1 aromatic heterocycles. The van der Waals surface area contributed by atoms with Crippen LogP contribution >= 0.6 is 0 Å². The summed E-state index contributed by atoms with van der Waals surface area (Å²) in [5.41, 5.74) is 7.77. The van der Waals surface area contributed by atoms with Crippen molar-refractivity contribution < 1.29 is 4.57 Å². The van der Waals surface area contributed by atoms with Crippen molar-refractivity contribution in [2.45, 2.75) is 143 Å². The van der Waals surface area contributed by atoms with Gasteiger partial charge in [-0.3, -0.25) is 0 Å². The average Bonchev–Trinajstić information content (AvgIpc) is 2.97. The molecule has 2 saturated carbocycles. The van der Waals surface area contributed by atoms with Crippen molar-refractivity contribution in [2.75, 3.05) is 0 Å². The molecule has 0 amide bonds. The first kappa shape index (κ1) is 32.5. The van der Waals surface area contributed by atoms with Crippen LogP contribution in [-0.4, -0.2) is 8.07 Å². The summed E-state index contributed by atoms with van der Waals surface area (Å²) < 4.78 is 2.43. The molecular formula is C41H62NSi+. The van der Waals surface area contributed by atoms with Crippen LogP contribution in [0.1, 0.15) is 134 Å². The summed E-state index contributed by atoms with van der Waals surface area (Å²) in [5, 5.41) is 4.58. The molecule has 1 nitrogen and oxygen atoms in total. The Morgan fingerprint density at radius 2 is 1.26 bits per heavy atom. The maximum atomic E-state index is 2.68. The predicted molar refractivity (Wildman–Crippen MR) is 191 cm³/mol. The topological polar surface area (TPSA) is 3.88 Å². The van der Waals surface area contributed by atoms with Crippen molar-refractivity contribution in [3.63, 3.8) is 0 Å². The van der Waals surface area contributed by atoms with Crippen LogP contribution in [0.15, 0.2) is 42.6 Å². The smallest absolute Gasteiger partial charge is 0.200 e. The number of benzene rings is 2. The number of hydrogen-bond donors (Lipinski definition) is 0. The molecule has 0 N–H and O–H groups in total. The molecule has 0 radical (unpaired) electrons. The number of hydrogen-bond acceptors (Lipinski definition) is 0. The molecule has 2 aromatic carbocycles. The van der Waals surface area contributed by atoms with Gasteiger partial charge in [0.1, 0.15) is 7.05 Å². The monoisotopic (exact) mass is 596 g/mol. The van der Waals surface area contributed by atoms with Crippen molar-refractivity contribution >= 4 is 24.0 Å². The second kappa shape index (κ2) is 14.0. The van der Waals surface area contributed by atoms with Gasteiger partial charge in [0.05, 0.1) is 19.0 Å². The van der Waals surface area contributed by atoms with Gasteiger partial charge in [-0.05, 0) is 96.4 Å². The van der Waals surface area contributed by atoms with E-state index < -0.39 is 8.07 Å². The lowest BCUT2D eigenvalue weighted by Crippen LogP contribution is -2.50. The second-order valence-electron chi connectivity index (χ2n) is 16.1. The number of fused-ring (bicyclic) bond motifs is 1. The molecule has 0 spiro atoms. The number of aromatic nitrogens is 1. The van der Waals surface area contributed by atoms with Crippen molar-refractivity contribution in [1.82, 2.24) is 0 Å². The highest BCUT2D eigenvalue weighted by Gasteiger charge is 2.37. The van der Waals surface area contributed by atoms with Crippen LogP contribution in [0.5, 0.6) is 0 Å². The molecule has 0 bridgehead atoms. The Bertz CT molecular complexity index is 1340. The first-order valence-corrected chi connectivity index (χ1v) is 20.8. The molecule has 2 fully saturated rings. The first-order chi connectivity index (χ1) is 20.6. The van der Waals surface area contributed by atoms with E-state index in [4.69, 9.17) is 0 Å². The Kier molecular flexibility index (Phi) is 10.6. The molecule has 0 aliphatic heterocycles. The van der Waals surface area contributed by atoms with E-state index in [2.05, 4.69) is 103 Å². The van der Waals surface area contributed by atoms with Crippen molar-refractivity contribution in [3.05, 3.63) is 59.3 Å². The molecule has 0 atom stereocenters. The summed E-state index contributed by atoms with van der Waals surface area (Å²) in [6.07, 6.45) is 16.2. The maximum Gasteiger partial charge on any atom is 0.220 e. The van der Waals surface area contributed by atoms with Gasteiger partial charge in [-0.15, -0.1) is 0 Å². The minimum atomic E-state index is -1.67. The summed E-state index contributed by atoms with van der Waals surface area (Å²) in [4.78, 5) is 0. The van der Waals surface area contributed by atoms with E-state index in [0.29, 0.717) is 0 Å². The zero-order chi connectivity index (χ0) is 30.7. The fourth-order valence-electron chi connectivity index (χ4n) is 9.50. The fourth-order valence-corrected chi connectivity index (χ4v) is 16.3. The van der Waals surface area contributed by atoms with E-state index >= 15 is 0 Å². The average molecular weight is 597 g/mol. The van der Waals surface area contributed by atoms with Crippen molar-refractivity contribution in [1.29, 1.82) is 0 Å². The van der Waals surface area contributed by atoms with E-state index in [1.807, 2.05) is 0 Å². The van der Waals surface area contributed by atoms with Crippen LogP contribution in [0.3, 0.4) is 0 Å². The Hall–Kier alpha value is -1.93. The summed E-state index contributed by atoms with van der Waals surface area (Å²) in [6, 6.07) is 19.7. The van der Waals surface area contributed by atoms with Crippen LogP contribution in [0.2, 0.25) is 18.1 Å². The summed E-state index contributed by atoms with van der Waals surface area (Å²) in [5.74, 6) is 3.70. The minimum Gasteiger partial charge on any atom is -0.200 e. The van der Waals surface area contributed by atoms with Crippen LogP contribution in [-0.2, 0) is 7.05 Å². The molecule has 0 unspecified atom stereocenters. The molecule has 2 aliphatic carbocycles. The van der Waals surface area contributed by atoms with Crippen LogP contribution in [0.25, 0.3) is 22.0 Å². The Morgan fingerprint density at radius 3 is 1.81 bits per heavy atom. The molecular weight excluding hydrogens is 535 g/mol. The highest BCUT2D eigenvalue weighted by molar-refractivity contribution is 6.92. The molecule has 3 aromatic rings. The van der Waals surface area contributed by atoms with Gasteiger partial charge < -0.3 is 0 Å². The Balaban J connectivity index is 1.68. The zero-order valence-electron chi connectivity index (χ0n) is 29.1. The van der Waals surface area contributed by atoms with Gasteiger partial charge in [0.15, 0.2) is 6.20 Å². The third kappa shape index (κ3) is 7.32. The fraction of sp³-hybridized carbons (Fsp3) is 0.634. The van der Waals surface area contributed by atoms with Gasteiger partial charge in [-0.1, -0.05) is 122 Å². The van der Waals surface area contributed by atoms with E-state index in [0.717, 1.165) is 29.6 Å². The zero-order valence-corrected chi connectivity index (χ0v) is 30.1. The molecule has 1 heterocycles. The lowest BCUT2D eigenvalue weighted by atomic mass is 9.76. The SMILES string of the molecule is Cc1c(-c2c3ccc([Si](CC(C)C)(CC(C)C)CC(C)C)cc3cc[n+]2C)cc(C2CCCCC2)cc1C1CCCCC1. The summed E-state index contributed by atoms with van der Waals surface area (Å²) in [7, 11) is 0.614. The Morgan fingerprint density at radius 1 is 0.698 bits per heavy atom. The van der Waals surface area contributed by atoms with E-state index in [9.17, 15) is 0 Å².